The molecule has 2 aromatic rings. The Morgan fingerprint density at radius 2 is 2.50 bits per heavy atom. The highest BCUT2D eigenvalue weighted by Gasteiger charge is 2.00. The number of aromatic nitrogens is 1. The molecule has 2 heterocycles. The van der Waals surface area contributed by atoms with Crippen molar-refractivity contribution in [2.24, 2.45) is 5.16 Å². The predicted octanol–water partition coefficient (Wildman–Crippen LogP) is 1.64. The van der Waals surface area contributed by atoms with Gasteiger partial charge >= 0.3 is 0 Å². The van der Waals surface area contributed by atoms with Gasteiger partial charge in [0.05, 0.1) is 0 Å². The van der Waals surface area contributed by atoms with Gasteiger partial charge in [-0.25, -0.2) is 0 Å². The molecule has 0 saturated carbocycles. The van der Waals surface area contributed by atoms with Gasteiger partial charge in [-0.2, -0.15) is 0 Å². The van der Waals surface area contributed by atoms with Gasteiger partial charge in [-0.05, 0) is 12.1 Å². The van der Waals surface area contributed by atoms with Gasteiger partial charge in [0.1, 0.15) is 11.7 Å². The van der Waals surface area contributed by atoms with E-state index in [0.717, 1.165) is 5.52 Å². The molecule has 12 heavy (non-hydrogen) atoms. The molecule has 0 bridgehead atoms. The van der Waals surface area contributed by atoms with Crippen LogP contribution in [0.15, 0.2) is 34.0 Å². The first-order valence-electron chi connectivity index (χ1n) is 3.42. The maximum absolute atomic E-state index is 8.23. The molecule has 0 aliphatic heterocycles. The van der Waals surface area contributed by atoms with Crippen molar-refractivity contribution in [3.05, 3.63) is 30.2 Å². The van der Waals surface area contributed by atoms with E-state index in [4.69, 9.17) is 9.62 Å². The van der Waals surface area contributed by atoms with E-state index in [9.17, 15) is 0 Å². The zero-order chi connectivity index (χ0) is 8.39. The second-order valence-corrected chi connectivity index (χ2v) is 2.28. The lowest BCUT2D eigenvalue weighted by Gasteiger charge is -1.81. The Hall–Kier alpha value is -1.84. The van der Waals surface area contributed by atoms with Crippen molar-refractivity contribution in [1.82, 2.24) is 4.98 Å². The average molecular weight is 162 g/mol. The fourth-order valence-electron chi connectivity index (χ4n) is 1.01. The fraction of sp³-hybridized carbons (Fsp3) is 0. The molecule has 0 aliphatic carbocycles. The Bertz CT molecular complexity index is 387. The lowest BCUT2D eigenvalue weighted by atomic mass is 10.4. The first-order valence-corrected chi connectivity index (χ1v) is 3.42. The SMILES string of the molecule is O/N=C/c1cc2ncccc2o1. The van der Waals surface area contributed by atoms with Crippen molar-refractivity contribution < 1.29 is 9.62 Å². The molecule has 0 amide bonds. The first-order chi connectivity index (χ1) is 5.90. The molecular formula is C8H6N2O2. The standard InChI is InChI=1S/C8H6N2O2/c11-10-5-6-4-7-8(12-6)2-1-3-9-7/h1-5,11H/b10-5+. The highest BCUT2D eigenvalue weighted by atomic mass is 16.4. The number of furan rings is 1. The molecule has 0 fully saturated rings. The molecule has 2 aromatic heterocycles. The zero-order valence-corrected chi connectivity index (χ0v) is 6.14. The Morgan fingerprint density at radius 3 is 3.25 bits per heavy atom. The van der Waals surface area contributed by atoms with Crippen molar-refractivity contribution in [1.29, 1.82) is 0 Å². The van der Waals surface area contributed by atoms with Crippen molar-refractivity contribution >= 4 is 17.3 Å². The minimum Gasteiger partial charge on any atom is -0.453 e. The first kappa shape index (κ1) is 6.84. The smallest absolute Gasteiger partial charge is 0.153 e. The van der Waals surface area contributed by atoms with Gasteiger partial charge in [0, 0.05) is 12.3 Å². The Kier molecular flexibility index (Phi) is 1.51. The summed E-state index contributed by atoms with van der Waals surface area (Å²) in [6, 6.07) is 5.29. The van der Waals surface area contributed by atoms with Crippen LogP contribution in [0.5, 0.6) is 0 Å². The van der Waals surface area contributed by atoms with Crippen LogP contribution in [-0.2, 0) is 0 Å². The second kappa shape index (κ2) is 2.65. The van der Waals surface area contributed by atoms with Crippen LogP contribution in [0.4, 0.5) is 0 Å². The quantitative estimate of drug-likeness (QED) is 0.394. The van der Waals surface area contributed by atoms with Crippen LogP contribution in [0, 0.1) is 0 Å². The topological polar surface area (TPSA) is 58.6 Å². The monoisotopic (exact) mass is 162 g/mol. The zero-order valence-electron chi connectivity index (χ0n) is 6.14. The van der Waals surface area contributed by atoms with Crippen molar-refractivity contribution in [3.63, 3.8) is 0 Å². The third-order valence-electron chi connectivity index (χ3n) is 1.49. The molecule has 0 saturated heterocycles. The van der Waals surface area contributed by atoms with Crippen LogP contribution >= 0.6 is 0 Å². The van der Waals surface area contributed by atoms with Crippen molar-refractivity contribution in [2.45, 2.75) is 0 Å². The van der Waals surface area contributed by atoms with Gasteiger partial charge in [-0.3, -0.25) is 4.98 Å². The summed E-state index contributed by atoms with van der Waals surface area (Å²) in [5.74, 6) is 0.492. The molecule has 0 aromatic carbocycles. The molecule has 4 heteroatoms. The average Bonchev–Trinajstić information content (AvgIpc) is 2.47. The van der Waals surface area contributed by atoms with Gasteiger partial charge in [-0.15, -0.1) is 0 Å². The Balaban J connectivity index is 2.62. The van der Waals surface area contributed by atoms with E-state index in [1.807, 2.05) is 0 Å². The van der Waals surface area contributed by atoms with Crippen LogP contribution in [0.1, 0.15) is 5.76 Å². The van der Waals surface area contributed by atoms with Crippen molar-refractivity contribution in [3.8, 4) is 0 Å². The molecule has 1 N–H and O–H groups in total. The summed E-state index contributed by atoms with van der Waals surface area (Å²) < 4.78 is 5.24. The molecule has 0 spiro atoms. The third-order valence-corrected chi connectivity index (χ3v) is 1.49. The number of fused-ring (bicyclic) bond motifs is 1. The number of oxime groups is 1. The van der Waals surface area contributed by atoms with Crippen molar-refractivity contribution in [2.75, 3.05) is 0 Å². The number of hydrogen-bond donors (Lipinski definition) is 1. The summed E-state index contributed by atoms with van der Waals surface area (Å²) in [5, 5.41) is 11.1. The maximum Gasteiger partial charge on any atom is 0.153 e. The molecule has 60 valence electrons. The summed E-state index contributed by atoms with van der Waals surface area (Å²) >= 11 is 0. The van der Waals surface area contributed by atoms with Crippen LogP contribution in [0.25, 0.3) is 11.1 Å². The summed E-state index contributed by atoms with van der Waals surface area (Å²) in [5.41, 5.74) is 1.44. The maximum atomic E-state index is 8.23. The van der Waals surface area contributed by atoms with Gasteiger partial charge in [0.2, 0.25) is 0 Å². The van der Waals surface area contributed by atoms with Gasteiger partial charge in [-0.1, -0.05) is 5.16 Å². The van der Waals surface area contributed by atoms with E-state index in [1.165, 1.54) is 6.21 Å². The van der Waals surface area contributed by atoms with Crippen LogP contribution in [0.3, 0.4) is 0 Å². The van der Waals surface area contributed by atoms with Crippen LogP contribution < -0.4 is 0 Å². The molecule has 0 unspecified atom stereocenters. The molecule has 0 aliphatic rings. The van der Waals surface area contributed by atoms with Crippen LogP contribution in [-0.4, -0.2) is 16.4 Å². The Morgan fingerprint density at radius 1 is 1.58 bits per heavy atom. The minimum absolute atomic E-state index is 0.492. The summed E-state index contributed by atoms with van der Waals surface area (Å²) in [7, 11) is 0. The van der Waals surface area contributed by atoms with E-state index >= 15 is 0 Å². The molecular weight excluding hydrogens is 156 g/mol. The number of hydrogen-bond acceptors (Lipinski definition) is 4. The van der Waals surface area contributed by atoms with E-state index in [0.29, 0.717) is 11.3 Å². The van der Waals surface area contributed by atoms with Gasteiger partial charge < -0.3 is 9.62 Å². The summed E-state index contributed by atoms with van der Waals surface area (Å²) in [6.45, 7) is 0. The normalized spacial score (nSPS) is 11.3. The van der Waals surface area contributed by atoms with Crippen LogP contribution in [0.2, 0.25) is 0 Å². The number of rotatable bonds is 1. The van der Waals surface area contributed by atoms with E-state index < -0.39 is 0 Å². The van der Waals surface area contributed by atoms with Gasteiger partial charge in [0.15, 0.2) is 11.3 Å². The third kappa shape index (κ3) is 1.03. The molecule has 4 nitrogen and oxygen atoms in total. The highest BCUT2D eigenvalue weighted by Crippen LogP contribution is 2.14. The molecule has 2 rings (SSSR count). The second-order valence-electron chi connectivity index (χ2n) is 2.28. The largest absolute Gasteiger partial charge is 0.453 e. The molecule has 0 atom stereocenters. The highest BCUT2D eigenvalue weighted by molar-refractivity contribution is 5.84. The summed E-state index contributed by atoms with van der Waals surface area (Å²) in [6.07, 6.45) is 2.90. The number of nitrogens with zero attached hydrogens (tertiary/aromatic N) is 2. The van der Waals surface area contributed by atoms with Gasteiger partial charge in [0.25, 0.3) is 0 Å². The minimum atomic E-state index is 0.492. The summed E-state index contributed by atoms with van der Waals surface area (Å²) in [4.78, 5) is 4.05. The van der Waals surface area contributed by atoms with E-state index in [1.54, 1.807) is 24.4 Å². The van der Waals surface area contributed by atoms with E-state index in [2.05, 4.69) is 10.1 Å². The lowest BCUT2D eigenvalue weighted by Crippen LogP contribution is -1.71. The predicted molar refractivity (Wildman–Crippen MR) is 43.4 cm³/mol. The Labute approximate surface area is 68.1 Å². The molecule has 0 radical (unpaired) electrons. The lowest BCUT2D eigenvalue weighted by molar-refractivity contribution is 0.321. The van der Waals surface area contributed by atoms with E-state index in [-0.39, 0.29) is 0 Å². The fourth-order valence-corrected chi connectivity index (χ4v) is 1.01. The number of pyridine rings is 1.